The molecule has 0 N–H and O–H groups in total. The van der Waals surface area contributed by atoms with Crippen molar-refractivity contribution in [2.24, 2.45) is 0 Å². The number of hydrogen-bond acceptors (Lipinski definition) is 4. The minimum absolute atomic E-state index is 0.164. The lowest BCUT2D eigenvalue weighted by molar-refractivity contribution is -0.380. The van der Waals surface area contributed by atoms with E-state index < -0.39 is 0 Å². The lowest BCUT2D eigenvalue weighted by Gasteiger charge is -1.92. The van der Waals surface area contributed by atoms with E-state index in [1.54, 1.807) is 23.8 Å². The molecule has 4 nitrogen and oxygen atoms in total. The molecule has 0 aliphatic carbocycles. The molecule has 0 amide bonds. The molecule has 0 aliphatic heterocycles. The molecular formula is C9H6N2O2S. The quantitative estimate of drug-likeness (QED) is 0.560. The first-order chi connectivity index (χ1) is 6.77. The maximum Gasteiger partial charge on any atom is 0.324 e. The average molecular weight is 206 g/mol. The monoisotopic (exact) mass is 206 g/mol. The van der Waals surface area contributed by atoms with Crippen molar-refractivity contribution in [3.05, 3.63) is 46.1 Å². The molecule has 0 aromatic carbocycles. The van der Waals surface area contributed by atoms with Crippen molar-refractivity contribution in [2.45, 2.75) is 0 Å². The Labute approximate surface area is 84.0 Å². The van der Waals surface area contributed by atoms with E-state index in [2.05, 4.69) is 4.98 Å². The molecule has 0 saturated heterocycles. The van der Waals surface area contributed by atoms with Crippen LogP contribution < -0.4 is 0 Å². The van der Waals surface area contributed by atoms with Crippen molar-refractivity contribution < 1.29 is 4.92 Å². The highest BCUT2D eigenvalue weighted by Gasteiger charge is 2.10. The van der Waals surface area contributed by atoms with E-state index in [1.807, 2.05) is 12.1 Å². The van der Waals surface area contributed by atoms with Crippen LogP contribution in [0.4, 0.5) is 5.00 Å². The maximum atomic E-state index is 10.4. The number of nitrogens with zero attached hydrogens (tertiary/aromatic N) is 2. The predicted octanol–water partition coefficient (Wildman–Crippen LogP) is 2.72. The Morgan fingerprint density at radius 2 is 2.00 bits per heavy atom. The summed E-state index contributed by atoms with van der Waals surface area (Å²) in [5.74, 6) is 0. The van der Waals surface area contributed by atoms with Gasteiger partial charge in [-0.1, -0.05) is 11.3 Å². The van der Waals surface area contributed by atoms with Gasteiger partial charge >= 0.3 is 5.00 Å². The van der Waals surface area contributed by atoms with Crippen LogP contribution >= 0.6 is 11.3 Å². The predicted molar refractivity (Wildman–Crippen MR) is 54.2 cm³/mol. The van der Waals surface area contributed by atoms with Gasteiger partial charge in [-0.15, -0.1) is 0 Å². The van der Waals surface area contributed by atoms with Gasteiger partial charge in [0.15, 0.2) is 0 Å². The lowest BCUT2D eigenvalue weighted by Crippen LogP contribution is -1.81. The number of rotatable bonds is 2. The first kappa shape index (κ1) is 8.83. The summed E-state index contributed by atoms with van der Waals surface area (Å²) in [5, 5.41) is 12.4. The molecule has 0 unspecified atom stereocenters. The minimum Gasteiger partial charge on any atom is -0.265 e. The zero-order chi connectivity index (χ0) is 9.97. The molecule has 2 rings (SSSR count). The van der Waals surface area contributed by atoms with Gasteiger partial charge in [-0.25, -0.2) is 0 Å². The van der Waals surface area contributed by atoms with Gasteiger partial charge in [0, 0.05) is 23.8 Å². The number of aromatic nitrogens is 1. The molecular weight excluding hydrogens is 200 g/mol. The van der Waals surface area contributed by atoms with Gasteiger partial charge in [-0.05, 0) is 23.3 Å². The summed E-state index contributed by atoms with van der Waals surface area (Å²) in [6, 6.07) is 5.22. The van der Waals surface area contributed by atoms with Crippen molar-refractivity contribution in [1.82, 2.24) is 4.98 Å². The second-order valence-corrected chi connectivity index (χ2v) is 3.56. The number of thiophene rings is 1. The van der Waals surface area contributed by atoms with Crippen LogP contribution in [-0.4, -0.2) is 9.91 Å². The molecule has 0 saturated carbocycles. The van der Waals surface area contributed by atoms with Crippen molar-refractivity contribution in [3.8, 4) is 11.1 Å². The van der Waals surface area contributed by atoms with Gasteiger partial charge in [0.25, 0.3) is 0 Å². The third-order valence-electron chi connectivity index (χ3n) is 1.78. The second kappa shape index (κ2) is 3.55. The van der Waals surface area contributed by atoms with Crippen molar-refractivity contribution in [3.63, 3.8) is 0 Å². The van der Waals surface area contributed by atoms with E-state index in [9.17, 15) is 10.1 Å². The van der Waals surface area contributed by atoms with Gasteiger partial charge in [0.05, 0.1) is 4.92 Å². The van der Waals surface area contributed by atoms with Crippen LogP contribution in [-0.2, 0) is 0 Å². The summed E-state index contributed by atoms with van der Waals surface area (Å²) >= 11 is 1.13. The van der Waals surface area contributed by atoms with E-state index >= 15 is 0 Å². The summed E-state index contributed by atoms with van der Waals surface area (Å²) in [4.78, 5) is 14.0. The Morgan fingerprint density at radius 3 is 2.57 bits per heavy atom. The fourth-order valence-electron chi connectivity index (χ4n) is 1.12. The van der Waals surface area contributed by atoms with Crippen LogP contribution in [0.3, 0.4) is 0 Å². The molecule has 70 valence electrons. The Kier molecular flexibility index (Phi) is 2.24. The summed E-state index contributed by atoms with van der Waals surface area (Å²) in [7, 11) is 0. The van der Waals surface area contributed by atoms with Gasteiger partial charge in [0.2, 0.25) is 0 Å². The third kappa shape index (κ3) is 1.62. The fourth-order valence-corrected chi connectivity index (χ4v) is 1.85. The molecule has 14 heavy (non-hydrogen) atoms. The molecule has 5 heteroatoms. The van der Waals surface area contributed by atoms with Crippen molar-refractivity contribution >= 4 is 16.3 Å². The van der Waals surface area contributed by atoms with Crippen LogP contribution in [0.25, 0.3) is 11.1 Å². The highest BCUT2D eigenvalue weighted by Crippen LogP contribution is 2.29. The van der Waals surface area contributed by atoms with Crippen LogP contribution in [0.2, 0.25) is 0 Å². The van der Waals surface area contributed by atoms with Crippen LogP contribution in [0.5, 0.6) is 0 Å². The number of nitro groups is 1. The topological polar surface area (TPSA) is 56.0 Å². The Hall–Kier alpha value is -1.75. The average Bonchev–Trinajstić information content (AvgIpc) is 2.68. The number of hydrogen-bond donors (Lipinski definition) is 0. The summed E-state index contributed by atoms with van der Waals surface area (Å²) < 4.78 is 0. The smallest absolute Gasteiger partial charge is 0.265 e. The van der Waals surface area contributed by atoms with E-state index in [-0.39, 0.29) is 9.92 Å². The van der Waals surface area contributed by atoms with Crippen molar-refractivity contribution in [2.75, 3.05) is 0 Å². The van der Waals surface area contributed by atoms with Gasteiger partial charge in [-0.3, -0.25) is 15.1 Å². The summed E-state index contributed by atoms with van der Waals surface area (Å²) in [6.07, 6.45) is 3.33. The Bertz CT molecular complexity index is 453. The van der Waals surface area contributed by atoms with E-state index in [0.29, 0.717) is 0 Å². The largest absolute Gasteiger partial charge is 0.324 e. The fraction of sp³-hybridized carbons (Fsp3) is 0. The van der Waals surface area contributed by atoms with E-state index in [1.165, 1.54) is 0 Å². The summed E-state index contributed by atoms with van der Waals surface area (Å²) in [5.41, 5.74) is 1.81. The van der Waals surface area contributed by atoms with Crippen LogP contribution in [0, 0.1) is 10.1 Å². The van der Waals surface area contributed by atoms with Crippen LogP contribution in [0.15, 0.2) is 36.0 Å². The molecule has 0 aliphatic rings. The van der Waals surface area contributed by atoms with Crippen LogP contribution in [0.1, 0.15) is 0 Å². The number of pyridine rings is 1. The van der Waals surface area contributed by atoms with Gasteiger partial charge in [0.1, 0.15) is 0 Å². The Morgan fingerprint density at radius 1 is 1.29 bits per heavy atom. The molecule has 0 atom stereocenters. The minimum atomic E-state index is -0.380. The standard InChI is InChI=1S/C9H6N2O2S/c12-11(13)9-5-8(6-14-9)7-1-3-10-4-2-7/h1-6H. The molecule has 2 aromatic heterocycles. The molecule has 2 aromatic rings. The normalized spacial score (nSPS) is 10.0. The molecule has 0 fully saturated rings. The zero-order valence-electron chi connectivity index (χ0n) is 7.08. The molecule has 0 radical (unpaired) electrons. The SMILES string of the molecule is O=[N+]([O-])c1cc(-c2ccncc2)cs1. The lowest BCUT2D eigenvalue weighted by atomic mass is 10.1. The van der Waals surface area contributed by atoms with Gasteiger partial charge in [-0.2, -0.15) is 0 Å². The first-order valence-corrected chi connectivity index (χ1v) is 4.78. The highest BCUT2D eigenvalue weighted by atomic mass is 32.1. The molecule has 0 bridgehead atoms. The zero-order valence-corrected chi connectivity index (χ0v) is 7.90. The first-order valence-electron chi connectivity index (χ1n) is 3.91. The van der Waals surface area contributed by atoms with Gasteiger partial charge < -0.3 is 0 Å². The Balaban J connectivity index is 2.39. The second-order valence-electron chi connectivity index (χ2n) is 2.67. The third-order valence-corrected chi connectivity index (χ3v) is 2.66. The highest BCUT2D eigenvalue weighted by molar-refractivity contribution is 7.13. The summed E-state index contributed by atoms with van der Waals surface area (Å²) in [6.45, 7) is 0. The van der Waals surface area contributed by atoms with E-state index in [0.717, 1.165) is 22.5 Å². The maximum absolute atomic E-state index is 10.4. The van der Waals surface area contributed by atoms with Crippen molar-refractivity contribution in [1.29, 1.82) is 0 Å². The van der Waals surface area contributed by atoms with E-state index in [4.69, 9.17) is 0 Å². The molecule has 0 spiro atoms. The molecule has 2 heterocycles.